The molecule has 0 saturated carbocycles. The van der Waals surface area contributed by atoms with Gasteiger partial charge in [0.1, 0.15) is 0 Å². The molecule has 21 heavy (non-hydrogen) atoms. The summed E-state index contributed by atoms with van der Waals surface area (Å²) in [6.07, 6.45) is 0. The first-order valence-corrected chi connectivity index (χ1v) is 6.28. The van der Waals surface area contributed by atoms with Crippen molar-refractivity contribution in [3.05, 3.63) is 59.7 Å². The Kier molecular flexibility index (Phi) is 4.56. The second-order valence-electron chi connectivity index (χ2n) is 4.27. The SMILES string of the molecule is COC(=O)c1cc(Nc2ccccc2)cc(C(=O)OC)c1. The predicted molar refractivity (Wildman–Crippen MR) is 78.8 cm³/mol. The number of carbonyl (C=O) groups excluding carboxylic acids is 2. The first-order valence-electron chi connectivity index (χ1n) is 6.28. The van der Waals surface area contributed by atoms with E-state index < -0.39 is 11.9 Å². The van der Waals surface area contributed by atoms with Crippen molar-refractivity contribution >= 4 is 23.3 Å². The van der Waals surface area contributed by atoms with Gasteiger partial charge in [0.2, 0.25) is 0 Å². The fourth-order valence-corrected chi connectivity index (χ4v) is 1.86. The molecule has 5 nitrogen and oxygen atoms in total. The van der Waals surface area contributed by atoms with Crippen LogP contribution in [0.25, 0.3) is 0 Å². The average Bonchev–Trinajstić information content (AvgIpc) is 2.53. The van der Waals surface area contributed by atoms with Crippen molar-refractivity contribution in [1.29, 1.82) is 0 Å². The van der Waals surface area contributed by atoms with E-state index in [1.807, 2.05) is 30.3 Å². The van der Waals surface area contributed by atoms with Crippen molar-refractivity contribution in [1.82, 2.24) is 0 Å². The highest BCUT2D eigenvalue weighted by molar-refractivity contribution is 5.97. The lowest BCUT2D eigenvalue weighted by molar-refractivity contribution is 0.0599. The van der Waals surface area contributed by atoms with Crippen LogP contribution in [0.5, 0.6) is 0 Å². The van der Waals surface area contributed by atoms with Crippen LogP contribution in [-0.4, -0.2) is 26.2 Å². The summed E-state index contributed by atoms with van der Waals surface area (Å²) in [7, 11) is 2.58. The van der Waals surface area contributed by atoms with Gasteiger partial charge in [0.15, 0.2) is 0 Å². The van der Waals surface area contributed by atoms with E-state index in [4.69, 9.17) is 9.47 Å². The van der Waals surface area contributed by atoms with Crippen molar-refractivity contribution in [3.8, 4) is 0 Å². The first kappa shape index (κ1) is 14.6. The molecule has 2 aromatic carbocycles. The third kappa shape index (κ3) is 3.60. The molecule has 1 N–H and O–H groups in total. The number of benzene rings is 2. The van der Waals surface area contributed by atoms with E-state index in [2.05, 4.69) is 5.32 Å². The number of hydrogen-bond acceptors (Lipinski definition) is 5. The lowest BCUT2D eigenvalue weighted by atomic mass is 10.1. The molecule has 0 amide bonds. The molecule has 0 radical (unpaired) electrons. The number of para-hydroxylation sites is 1. The average molecular weight is 285 g/mol. The van der Waals surface area contributed by atoms with Gasteiger partial charge in [-0.05, 0) is 30.3 Å². The molecule has 0 aliphatic rings. The topological polar surface area (TPSA) is 64.6 Å². The summed E-state index contributed by atoms with van der Waals surface area (Å²) >= 11 is 0. The van der Waals surface area contributed by atoms with Crippen LogP contribution >= 0.6 is 0 Å². The van der Waals surface area contributed by atoms with E-state index in [1.54, 1.807) is 12.1 Å². The normalized spacial score (nSPS) is 9.81. The Bertz CT molecular complexity index is 618. The van der Waals surface area contributed by atoms with Crippen molar-refractivity contribution in [3.63, 3.8) is 0 Å². The van der Waals surface area contributed by atoms with Crippen LogP contribution in [-0.2, 0) is 9.47 Å². The number of methoxy groups -OCH3 is 2. The Hall–Kier alpha value is -2.82. The number of esters is 2. The van der Waals surface area contributed by atoms with Crippen LogP contribution < -0.4 is 5.32 Å². The molecular formula is C16H15NO4. The van der Waals surface area contributed by atoms with Crippen LogP contribution in [0.2, 0.25) is 0 Å². The lowest BCUT2D eigenvalue weighted by Crippen LogP contribution is -2.07. The summed E-state index contributed by atoms with van der Waals surface area (Å²) in [6, 6.07) is 14.1. The van der Waals surface area contributed by atoms with Gasteiger partial charge in [0.25, 0.3) is 0 Å². The minimum Gasteiger partial charge on any atom is -0.465 e. The van der Waals surface area contributed by atoms with E-state index in [9.17, 15) is 9.59 Å². The molecule has 2 aromatic rings. The van der Waals surface area contributed by atoms with Gasteiger partial charge in [-0.1, -0.05) is 18.2 Å². The zero-order valence-electron chi connectivity index (χ0n) is 11.8. The Morgan fingerprint density at radius 1 is 0.810 bits per heavy atom. The van der Waals surface area contributed by atoms with Crippen LogP contribution in [0.4, 0.5) is 11.4 Å². The highest BCUT2D eigenvalue weighted by Crippen LogP contribution is 2.21. The van der Waals surface area contributed by atoms with E-state index in [0.717, 1.165) is 5.69 Å². The lowest BCUT2D eigenvalue weighted by Gasteiger charge is -2.10. The maximum Gasteiger partial charge on any atom is 0.337 e. The third-order valence-electron chi connectivity index (χ3n) is 2.84. The zero-order valence-corrected chi connectivity index (χ0v) is 11.8. The van der Waals surface area contributed by atoms with E-state index in [-0.39, 0.29) is 11.1 Å². The number of nitrogens with one attached hydrogen (secondary N) is 1. The standard InChI is InChI=1S/C16H15NO4/c1-20-15(18)11-8-12(16(19)21-2)10-14(9-11)17-13-6-4-3-5-7-13/h3-10,17H,1-2H3. The van der Waals surface area contributed by atoms with Gasteiger partial charge in [-0.2, -0.15) is 0 Å². The molecule has 0 fully saturated rings. The second kappa shape index (κ2) is 6.56. The zero-order chi connectivity index (χ0) is 15.2. The summed E-state index contributed by atoms with van der Waals surface area (Å²) in [6.45, 7) is 0. The molecule has 0 aromatic heterocycles. The minimum atomic E-state index is -0.517. The molecule has 0 aliphatic carbocycles. The van der Waals surface area contributed by atoms with Crippen LogP contribution in [0.15, 0.2) is 48.5 Å². The van der Waals surface area contributed by atoms with Crippen molar-refractivity contribution in [2.24, 2.45) is 0 Å². The van der Waals surface area contributed by atoms with Crippen LogP contribution in [0.1, 0.15) is 20.7 Å². The molecule has 0 atom stereocenters. The van der Waals surface area contributed by atoms with Gasteiger partial charge >= 0.3 is 11.9 Å². The molecule has 0 aliphatic heterocycles. The fraction of sp³-hybridized carbons (Fsp3) is 0.125. The summed E-state index contributed by atoms with van der Waals surface area (Å²) < 4.78 is 9.38. The number of carbonyl (C=O) groups is 2. The fourth-order valence-electron chi connectivity index (χ4n) is 1.86. The van der Waals surface area contributed by atoms with Gasteiger partial charge in [-0.3, -0.25) is 0 Å². The van der Waals surface area contributed by atoms with E-state index >= 15 is 0 Å². The monoisotopic (exact) mass is 285 g/mol. The van der Waals surface area contributed by atoms with Gasteiger partial charge in [-0.25, -0.2) is 9.59 Å². The molecular weight excluding hydrogens is 270 g/mol. The molecule has 2 rings (SSSR count). The summed E-state index contributed by atoms with van der Waals surface area (Å²) in [5.74, 6) is -1.03. The number of anilines is 2. The van der Waals surface area contributed by atoms with E-state index in [0.29, 0.717) is 5.69 Å². The molecule has 0 heterocycles. The van der Waals surface area contributed by atoms with Gasteiger partial charge in [0.05, 0.1) is 25.3 Å². The summed E-state index contributed by atoms with van der Waals surface area (Å²) in [4.78, 5) is 23.4. The quantitative estimate of drug-likeness (QED) is 0.875. The molecule has 0 bridgehead atoms. The van der Waals surface area contributed by atoms with Crippen LogP contribution in [0, 0.1) is 0 Å². The third-order valence-corrected chi connectivity index (χ3v) is 2.84. The first-order chi connectivity index (χ1) is 10.1. The molecule has 108 valence electrons. The number of hydrogen-bond donors (Lipinski definition) is 1. The van der Waals surface area contributed by atoms with E-state index in [1.165, 1.54) is 20.3 Å². The highest BCUT2D eigenvalue weighted by atomic mass is 16.5. The minimum absolute atomic E-state index is 0.277. The number of rotatable bonds is 4. The maximum atomic E-state index is 11.7. The highest BCUT2D eigenvalue weighted by Gasteiger charge is 2.13. The Labute approximate surface area is 122 Å². The molecule has 5 heteroatoms. The van der Waals surface area contributed by atoms with Gasteiger partial charge in [-0.15, -0.1) is 0 Å². The second-order valence-corrected chi connectivity index (χ2v) is 4.27. The van der Waals surface area contributed by atoms with Gasteiger partial charge in [0, 0.05) is 11.4 Å². The summed E-state index contributed by atoms with van der Waals surface area (Å²) in [5, 5.41) is 3.13. The Morgan fingerprint density at radius 3 is 1.81 bits per heavy atom. The smallest absolute Gasteiger partial charge is 0.337 e. The van der Waals surface area contributed by atoms with Gasteiger partial charge < -0.3 is 14.8 Å². The summed E-state index contributed by atoms with van der Waals surface area (Å²) in [5.41, 5.74) is 2.00. The maximum absolute atomic E-state index is 11.7. The van der Waals surface area contributed by atoms with Crippen molar-refractivity contribution in [2.75, 3.05) is 19.5 Å². The Balaban J connectivity index is 2.39. The van der Waals surface area contributed by atoms with Crippen molar-refractivity contribution < 1.29 is 19.1 Å². The largest absolute Gasteiger partial charge is 0.465 e. The van der Waals surface area contributed by atoms with Crippen LogP contribution in [0.3, 0.4) is 0 Å². The Morgan fingerprint density at radius 2 is 1.33 bits per heavy atom. The predicted octanol–water partition coefficient (Wildman–Crippen LogP) is 3.00. The number of ether oxygens (including phenoxy) is 2. The molecule has 0 saturated heterocycles. The molecule has 0 unspecified atom stereocenters. The van der Waals surface area contributed by atoms with Crippen molar-refractivity contribution in [2.45, 2.75) is 0 Å². The molecule has 0 spiro atoms.